The van der Waals surface area contributed by atoms with E-state index in [1.54, 1.807) is 0 Å². The zero-order valence-electron chi connectivity index (χ0n) is 19.0. The molecule has 1 saturated heterocycles. The Hall–Kier alpha value is -1.35. The van der Waals surface area contributed by atoms with Crippen LogP contribution in [0.15, 0.2) is 24.3 Å². The minimum atomic E-state index is -3.67. The molecule has 2 atom stereocenters. The number of benzene rings is 1. The van der Waals surface area contributed by atoms with E-state index in [1.807, 2.05) is 18.2 Å². The van der Waals surface area contributed by atoms with Crippen LogP contribution in [0.1, 0.15) is 39.0 Å². The van der Waals surface area contributed by atoms with Crippen molar-refractivity contribution in [3.63, 3.8) is 0 Å². The summed E-state index contributed by atoms with van der Waals surface area (Å²) in [6, 6.07) is 8.55. The summed E-state index contributed by atoms with van der Waals surface area (Å²) in [7, 11) is -3.67. The summed E-state index contributed by atoms with van der Waals surface area (Å²) in [4.78, 5) is 17.5. The van der Waals surface area contributed by atoms with Crippen molar-refractivity contribution < 1.29 is 17.8 Å². The number of amides is 1. The maximum Gasteiger partial charge on any atom is 0.261 e. The van der Waals surface area contributed by atoms with Crippen LogP contribution in [0, 0.1) is 17.8 Å². The Morgan fingerprint density at radius 2 is 1.78 bits per heavy atom. The van der Waals surface area contributed by atoms with E-state index in [-0.39, 0.29) is 5.92 Å². The van der Waals surface area contributed by atoms with Crippen molar-refractivity contribution in [1.82, 2.24) is 10.2 Å². The number of hydrogen-bond donors (Lipinski definition) is 2. The highest BCUT2D eigenvalue weighted by Gasteiger charge is 2.44. The highest BCUT2D eigenvalue weighted by molar-refractivity contribution is 7.85. The summed E-state index contributed by atoms with van der Waals surface area (Å²) in [6.45, 7) is 7.59. The summed E-state index contributed by atoms with van der Waals surface area (Å²) >= 11 is 6.12. The number of halogens is 1. The Morgan fingerprint density at radius 3 is 2.38 bits per heavy atom. The smallest absolute Gasteiger partial charge is 0.261 e. The van der Waals surface area contributed by atoms with Crippen LogP contribution < -0.4 is 10.2 Å². The van der Waals surface area contributed by atoms with Crippen LogP contribution in [0.25, 0.3) is 0 Å². The first kappa shape index (κ1) is 25.3. The first-order valence-corrected chi connectivity index (χ1v) is 13.8. The predicted molar refractivity (Wildman–Crippen MR) is 129 cm³/mol. The molecular weight excluding hydrogens is 450 g/mol. The standard InChI is InChI=1S/C22H32ClN3O.CH4O3S/c1-16-5-7-19(8-6-16)24-22(27)21-13-17(21)15-25-9-11-26(12-10-25)20-4-2-3-18(23)14-20;1-5(2,3)4/h2-4,14,16-17,19,21H,5-13,15H2,1H3,(H,24,27);1H3,(H,2,3,4)/t16?,17-,19?,21+;/m0./s1. The lowest BCUT2D eigenvalue weighted by Crippen LogP contribution is -2.47. The number of piperazine rings is 1. The molecule has 0 radical (unpaired) electrons. The van der Waals surface area contributed by atoms with E-state index in [9.17, 15) is 13.2 Å². The molecule has 0 spiro atoms. The Labute approximate surface area is 197 Å². The maximum absolute atomic E-state index is 12.5. The van der Waals surface area contributed by atoms with Crippen molar-refractivity contribution >= 4 is 33.3 Å². The third kappa shape index (κ3) is 8.54. The average molecular weight is 486 g/mol. The van der Waals surface area contributed by atoms with E-state index in [1.165, 1.54) is 18.5 Å². The lowest BCUT2D eigenvalue weighted by Gasteiger charge is -2.36. The first-order chi connectivity index (χ1) is 15.1. The number of nitrogens with zero attached hydrogens (tertiary/aromatic N) is 2. The minimum absolute atomic E-state index is 0.260. The number of carbonyl (C=O) groups is 1. The molecule has 0 unspecified atom stereocenters. The topological polar surface area (TPSA) is 90.0 Å². The van der Waals surface area contributed by atoms with Gasteiger partial charge in [0.1, 0.15) is 0 Å². The molecule has 180 valence electrons. The largest absolute Gasteiger partial charge is 0.369 e. The van der Waals surface area contributed by atoms with Gasteiger partial charge in [0.15, 0.2) is 0 Å². The number of carbonyl (C=O) groups excluding carboxylic acids is 1. The third-order valence-electron chi connectivity index (χ3n) is 6.66. The van der Waals surface area contributed by atoms with Crippen LogP contribution in [0.3, 0.4) is 0 Å². The van der Waals surface area contributed by atoms with E-state index in [0.717, 1.165) is 62.9 Å². The zero-order chi connectivity index (χ0) is 23.3. The zero-order valence-corrected chi connectivity index (χ0v) is 20.6. The fraction of sp³-hybridized carbons (Fsp3) is 0.696. The number of hydrogen-bond acceptors (Lipinski definition) is 5. The van der Waals surface area contributed by atoms with Gasteiger partial charge >= 0.3 is 0 Å². The number of anilines is 1. The second-order valence-corrected chi connectivity index (χ2v) is 11.5. The summed E-state index contributed by atoms with van der Waals surface area (Å²) in [6.07, 6.45) is 6.63. The van der Waals surface area contributed by atoms with E-state index in [4.69, 9.17) is 16.2 Å². The van der Waals surface area contributed by atoms with Crippen LogP contribution in [0.2, 0.25) is 5.02 Å². The molecule has 1 amide bonds. The summed E-state index contributed by atoms with van der Waals surface area (Å²) < 4.78 is 25.9. The molecule has 0 aromatic heterocycles. The molecule has 1 heterocycles. The van der Waals surface area contributed by atoms with Crippen molar-refractivity contribution in [2.45, 2.75) is 45.1 Å². The molecule has 3 fully saturated rings. The van der Waals surface area contributed by atoms with Gasteiger partial charge in [0.05, 0.1) is 6.26 Å². The van der Waals surface area contributed by atoms with E-state index >= 15 is 0 Å². The van der Waals surface area contributed by atoms with E-state index in [2.05, 4.69) is 28.1 Å². The van der Waals surface area contributed by atoms with Crippen molar-refractivity contribution in [3.8, 4) is 0 Å². The van der Waals surface area contributed by atoms with Gasteiger partial charge in [0.25, 0.3) is 10.1 Å². The molecule has 3 aliphatic rings. The summed E-state index contributed by atoms with van der Waals surface area (Å²) in [5, 5.41) is 4.12. The highest BCUT2D eigenvalue weighted by Crippen LogP contribution is 2.40. The number of rotatable bonds is 5. The Kier molecular flexibility index (Phi) is 8.83. The third-order valence-corrected chi connectivity index (χ3v) is 6.90. The van der Waals surface area contributed by atoms with Gasteiger partial charge in [-0.05, 0) is 62.1 Å². The molecule has 7 nitrogen and oxygen atoms in total. The quantitative estimate of drug-likeness (QED) is 0.622. The van der Waals surface area contributed by atoms with Gasteiger partial charge in [0, 0.05) is 55.4 Å². The first-order valence-electron chi connectivity index (χ1n) is 11.5. The van der Waals surface area contributed by atoms with Gasteiger partial charge in [-0.2, -0.15) is 8.42 Å². The average Bonchev–Trinajstić information content (AvgIpc) is 3.48. The number of nitrogens with one attached hydrogen (secondary N) is 1. The van der Waals surface area contributed by atoms with E-state index in [0.29, 0.717) is 24.1 Å². The molecule has 2 N–H and O–H groups in total. The monoisotopic (exact) mass is 485 g/mol. The lowest BCUT2D eigenvalue weighted by atomic mass is 9.87. The lowest BCUT2D eigenvalue weighted by molar-refractivity contribution is -0.123. The van der Waals surface area contributed by atoms with Gasteiger partial charge < -0.3 is 10.2 Å². The van der Waals surface area contributed by atoms with Crippen LogP contribution >= 0.6 is 11.6 Å². The summed E-state index contributed by atoms with van der Waals surface area (Å²) in [5.41, 5.74) is 1.22. The molecule has 1 aromatic rings. The van der Waals surface area contributed by atoms with E-state index < -0.39 is 10.1 Å². The van der Waals surface area contributed by atoms with Gasteiger partial charge in [-0.15, -0.1) is 0 Å². The second-order valence-electron chi connectivity index (χ2n) is 9.57. The molecular formula is C23H36ClN3O4S. The molecule has 2 aliphatic carbocycles. The van der Waals surface area contributed by atoms with Crippen molar-refractivity contribution in [2.24, 2.45) is 17.8 Å². The molecule has 1 aromatic carbocycles. The Bertz CT molecular complexity index is 858. The van der Waals surface area contributed by atoms with Gasteiger partial charge in [0.2, 0.25) is 5.91 Å². The Morgan fingerprint density at radius 1 is 1.16 bits per heavy atom. The van der Waals surface area contributed by atoms with Gasteiger partial charge in [-0.1, -0.05) is 24.6 Å². The predicted octanol–water partition coefficient (Wildman–Crippen LogP) is 3.30. The maximum atomic E-state index is 12.5. The molecule has 9 heteroatoms. The van der Waals surface area contributed by atoms with Crippen molar-refractivity contribution in [2.75, 3.05) is 43.9 Å². The van der Waals surface area contributed by atoms with Crippen molar-refractivity contribution in [3.05, 3.63) is 29.3 Å². The molecule has 0 bridgehead atoms. The molecule has 32 heavy (non-hydrogen) atoms. The second kappa shape index (κ2) is 11.2. The fourth-order valence-corrected chi connectivity index (χ4v) is 4.86. The fourth-order valence-electron chi connectivity index (χ4n) is 4.68. The Balaban J connectivity index is 0.000000523. The van der Waals surface area contributed by atoms with Crippen molar-refractivity contribution in [1.29, 1.82) is 0 Å². The minimum Gasteiger partial charge on any atom is -0.369 e. The highest BCUT2D eigenvalue weighted by atomic mass is 35.5. The molecule has 2 saturated carbocycles. The summed E-state index contributed by atoms with van der Waals surface area (Å²) in [5.74, 6) is 1.97. The van der Waals surface area contributed by atoms with Crippen LogP contribution in [-0.2, 0) is 14.9 Å². The van der Waals surface area contributed by atoms with Crippen LogP contribution in [-0.4, -0.2) is 68.8 Å². The van der Waals surface area contributed by atoms with Crippen LogP contribution in [0.4, 0.5) is 5.69 Å². The van der Waals surface area contributed by atoms with Crippen LogP contribution in [0.5, 0.6) is 0 Å². The molecule has 1 aliphatic heterocycles. The SMILES string of the molecule is CC1CCC(NC(=O)[C@@H]2C[C@H]2CN2CCN(c3cccc(Cl)c3)CC2)CC1.CS(=O)(=O)O. The van der Waals surface area contributed by atoms with Gasteiger partial charge in [-0.25, -0.2) is 0 Å². The molecule has 4 rings (SSSR count). The van der Waals surface area contributed by atoms with Gasteiger partial charge in [-0.3, -0.25) is 14.2 Å². The normalized spacial score (nSPS) is 28.4.